The summed E-state index contributed by atoms with van der Waals surface area (Å²) in [6.07, 6.45) is 4.82. The Labute approximate surface area is 166 Å². The average molecular weight is 398 g/mol. The topological polar surface area (TPSA) is 141 Å². The van der Waals surface area contributed by atoms with E-state index in [4.69, 9.17) is 5.11 Å². The summed E-state index contributed by atoms with van der Waals surface area (Å²) < 4.78 is 1.70. The highest BCUT2D eigenvalue weighted by Gasteiger charge is 2.19. The molecule has 152 valence electrons. The number of pyridine rings is 1. The van der Waals surface area contributed by atoms with E-state index in [9.17, 15) is 14.4 Å². The Hall–Kier alpha value is -3.66. The fourth-order valence-corrected chi connectivity index (χ4v) is 2.95. The maximum atomic E-state index is 12.8. The molecule has 3 rings (SSSR count). The Bertz CT molecular complexity index is 1090. The fourth-order valence-electron chi connectivity index (χ4n) is 2.95. The zero-order valence-corrected chi connectivity index (χ0v) is 16.0. The molecular weight excluding hydrogens is 376 g/mol. The molecule has 10 heteroatoms. The number of carbonyl (C=O) groups excluding carboxylic acids is 1. The third-order valence-electron chi connectivity index (χ3n) is 4.57. The highest BCUT2D eigenvalue weighted by Crippen LogP contribution is 2.15. The number of imidazole rings is 1. The number of aryl methyl sites for hydroxylation is 1. The van der Waals surface area contributed by atoms with Crippen molar-refractivity contribution in [2.24, 2.45) is 7.05 Å². The number of aromatic amines is 1. The van der Waals surface area contributed by atoms with Gasteiger partial charge in [0.2, 0.25) is 5.43 Å². The molecule has 3 aromatic rings. The Morgan fingerprint density at radius 2 is 2.14 bits per heavy atom. The number of nitrogens with one attached hydrogen (secondary N) is 4. The number of rotatable bonds is 8. The molecule has 1 aromatic carbocycles. The monoisotopic (exact) mass is 398 g/mol. The van der Waals surface area contributed by atoms with Gasteiger partial charge in [-0.3, -0.25) is 14.4 Å². The second-order valence-corrected chi connectivity index (χ2v) is 6.52. The highest BCUT2D eigenvalue weighted by molar-refractivity contribution is 5.97. The van der Waals surface area contributed by atoms with Gasteiger partial charge in [0.25, 0.3) is 5.91 Å². The maximum absolute atomic E-state index is 12.8. The van der Waals surface area contributed by atoms with Crippen LogP contribution in [0.5, 0.6) is 0 Å². The number of benzene rings is 1. The molecule has 2 aromatic heterocycles. The SMILES string of the molecule is CN[C@@H](CNC(=O)c1cn(C)c2cc(CNc3ncc[nH]3)ccc2c1=O)C(=O)O. The quantitative estimate of drug-likeness (QED) is 0.367. The zero-order chi connectivity index (χ0) is 21.0. The van der Waals surface area contributed by atoms with Crippen LogP contribution in [0.25, 0.3) is 10.9 Å². The third-order valence-corrected chi connectivity index (χ3v) is 4.57. The molecule has 0 spiro atoms. The van der Waals surface area contributed by atoms with E-state index in [2.05, 4.69) is 25.9 Å². The lowest BCUT2D eigenvalue weighted by molar-refractivity contribution is -0.139. The molecule has 29 heavy (non-hydrogen) atoms. The van der Waals surface area contributed by atoms with Crippen LogP contribution >= 0.6 is 0 Å². The van der Waals surface area contributed by atoms with E-state index in [1.807, 2.05) is 12.1 Å². The van der Waals surface area contributed by atoms with Crippen LogP contribution in [0.15, 0.2) is 41.6 Å². The van der Waals surface area contributed by atoms with Crippen molar-refractivity contribution in [3.8, 4) is 0 Å². The lowest BCUT2D eigenvalue weighted by Crippen LogP contribution is -2.45. The lowest BCUT2D eigenvalue weighted by atomic mass is 10.1. The molecule has 0 unspecified atom stereocenters. The second kappa shape index (κ2) is 8.57. The molecule has 0 saturated heterocycles. The van der Waals surface area contributed by atoms with Crippen molar-refractivity contribution in [1.29, 1.82) is 0 Å². The Balaban J connectivity index is 1.82. The summed E-state index contributed by atoms with van der Waals surface area (Å²) in [7, 11) is 3.23. The number of nitrogens with zero attached hydrogens (tertiary/aromatic N) is 2. The van der Waals surface area contributed by atoms with Gasteiger partial charge < -0.3 is 30.6 Å². The van der Waals surface area contributed by atoms with Crippen LogP contribution in [0.2, 0.25) is 0 Å². The summed E-state index contributed by atoms with van der Waals surface area (Å²) in [6.45, 7) is 0.379. The molecule has 2 heterocycles. The van der Waals surface area contributed by atoms with Crippen LogP contribution < -0.4 is 21.4 Å². The van der Waals surface area contributed by atoms with Crippen LogP contribution in [0.3, 0.4) is 0 Å². The third kappa shape index (κ3) is 4.43. The molecule has 5 N–H and O–H groups in total. The van der Waals surface area contributed by atoms with Crippen LogP contribution in [0, 0.1) is 0 Å². The summed E-state index contributed by atoms with van der Waals surface area (Å²) in [5.74, 6) is -1.06. The van der Waals surface area contributed by atoms with Crippen LogP contribution in [0.4, 0.5) is 5.95 Å². The predicted molar refractivity (Wildman–Crippen MR) is 108 cm³/mol. The molecule has 0 radical (unpaired) electrons. The van der Waals surface area contributed by atoms with E-state index in [1.165, 1.54) is 13.2 Å². The molecule has 1 atom stereocenters. The van der Waals surface area contributed by atoms with Crippen molar-refractivity contribution in [2.75, 3.05) is 18.9 Å². The van der Waals surface area contributed by atoms with Gasteiger partial charge in [-0.15, -0.1) is 0 Å². The number of H-pyrrole nitrogens is 1. The van der Waals surface area contributed by atoms with E-state index in [0.717, 1.165) is 5.56 Å². The van der Waals surface area contributed by atoms with Crippen molar-refractivity contribution in [3.63, 3.8) is 0 Å². The maximum Gasteiger partial charge on any atom is 0.322 e. The number of amides is 1. The van der Waals surface area contributed by atoms with Gasteiger partial charge in [0.1, 0.15) is 11.6 Å². The number of aliphatic carboxylic acids is 1. The van der Waals surface area contributed by atoms with Gasteiger partial charge >= 0.3 is 5.97 Å². The predicted octanol–water partition coefficient (Wildman–Crippen LogP) is 0.276. The first-order valence-corrected chi connectivity index (χ1v) is 8.94. The van der Waals surface area contributed by atoms with Gasteiger partial charge in [0.05, 0.1) is 5.52 Å². The smallest absolute Gasteiger partial charge is 0.322 e. The van der Waals surface area contributed by atoms with Crippen LogP contribution in [0.1, 0.15) is 15.9 Å². The van der Waals surface area contributed by atoms with Gasteiger partial charge in [-0.05, 0) is 24.7 Å². The van der Waals surface area contributed by atoms with Gasteiger partial charge in [-0.1, -0.05) is 6.07 Å². The van der Waals surface area contributed by atoms with Crippen LogP contribution in [-0.2, 0) is 18.4 Å². The van der Waals surface area contributed by atoms with Crippen LogP contribution in [-0.4, -0.2) is 51.2 Å². The number of likely N-dealkylation sites (N-methyl/N-ethyl adjacent to an activating group) is 1. The summed E-state index contributed by atoms with van der Waals surface area (Å²) in [5.41, 5.74) is 1.18. The van der Waals surface area contributed by atoms with E-state index < -0.39 is 23.3 Å². The molecule has 10 nitrogen and oxygen atoms in total. The van der Waals surface area contributed by atoms with E-state index in [1.54, 1.807) is 30.1 Å². The molecule has 0 bridgehead atoms. The van der Waals surface area contributed by atoms with Gasteiger partial charge in [0, 0.05) is 44.1 Å². The molecule has 0 aliphatic carbocycles. The molecule has 1 amide bonds. The number of fused-ring (bicyclic) bond motifs is 1. The second-order valence-electron chi connectivity index (χ2n) is 6.52. The number of carboxylic acid groups (broad SMARTS) is 1. The number of hydrogen-bond acceptors (Lipinski definition) is 6. The minimum atomic E-state index is -1.09. The Morgan fingerprint density at radius 1 is 1.34 bits per heavy atom. The molecular formula is C19H22N6O4. The summed E-state index contributed by atoms with van der Waals surface area (Å²) >= 11 is 0. The van der Waals surface area contributed by atoms with Crippen molar-refractivity contribution in [2.45, 2.75) is 12.6 Å². The minimum absolute atomic E-state index is 0.0401. The minimum Gasteiger partial charge on any atom is -0.480 e. The molecule has 0 saturated carbocycles. The molecule has 0 aliphatic heterocycles. The first-order valence-electron chi connectivity index (χ1n) is 8.94. The molecule has 0 fully saturated rings. The molecule has 0 aliphatic rings. The summed E-state index contributed by atoms with van der Waals surface area (Å²) in [4.78, 5) is 43.3. The lowest BCUT2D eigenvalue weighted by Gasteiger charge is -2.14. The van der Waals surface area contributed by atoms with E-state index in [-0.39, 0.29) is 12.1 Å². The zero-order valence-electron chi connectivity index (χ0n) is 16.0. The first kappa shape index (κ1) is 20.1. The number of hydrogen-bond donors (Lipinski definition) is 5. The normalized spacial score (nSPS) is 11.9. The van der Waals surface area contributed by atoms with Gasteiger partial charge in [-0.2, -0.15) is 0 Å². The van der Waals surface area contributed by atoms with Crippen molar-refractivity contribution in [1.82, 2.24) is 25.2 Å². The number of anilines is 1. The standard InChI is InChI=1S/C19H22N6O4/c1-20-14(18(28)29)9-23-17(27)13-10-25(2)15-7-11(3-4-12(15)16(13)26)8-24-19-21-5-6-22-19/h3-7,10,14,20H,8-9H2,1-2H3,(H,23,27)(H,28,29)(H2,21,22,24)/t14-/m0/s1. The summed E-state index contributed by atoms with van der Waals surface area (Å²) in [6, 6.07) is 4.42. The Morgan fingerprint density at radius 3 is 2.79 bits per heavy atom. The Kier molecular flexibility index (Phi) is 5.93. The number of aromatic nitrogens is 3. The first-order chi connectivity index (χ1) is 13.9. The van der Waals surface area contributed by atoms with E-state index >= 15 is 0 Å². The fraction of sp³-hybridized carbons (Fsp3) is 0.263. The largest absolute Gasteiger partial charge is 0.480 e. The summed E-state index contributed by atoms with van der Waals surface area (Å²) in [5, 5.41) is 17.7. The number of carbonyl (C=O) groups is 2. The van der Waals surface area contributed by atoms with Crippen molar-refractivity contribution >= 4 is 28.7 Å². The highest BCUT2D eigenvalue weighted by atomic mass is 16.4. The van der Waals surface area contributed by atoms with Gasteiger partial charge in [0.15, 0.2) is 5.95 Å². The number of carboxylic acids is 1. The van der Waals surface area contributed by atoms with Crippen molar-refractivity contribution < 1.29 is 14.7 Å². The van der Waals surface area contributed by atoms with Crippen molar-refractivity contribution in [3.05, 3.63) is 58.1 Å². The van der Waals surface area contributed by atoms with Gasteiger partial charge in [-0.25, -0.2) is 4.98 Å². The average Bonchev–Trinajstić information content (AvgIpc) is 3.22. The van der Waals surface area contributed by atoms with E-state index in [0.29, 0.717) is 23.4 Å².